The molecular formula is C26H29F3N4O3S. The molecule has 0 radical (unpaired) electrons. The van der Waals surface area contributed by atoms with Crippen LogP contribution in [0.2, 0.25) is 0 Å². The molecular weight excluding hydrogens is 505 g/mol. The van der Waals surface area contributed by atoms with Gasteiger partial charge >= 0.3 is 6.18 Å². The Balaban J connectivity index is 1.60. The van der Waals surface area contributed by atoms with Crippen LogP contribution in [0.5, 0.6) is 5.75 Å². The monoisotopic (exact) mass is 534 g/mol. The molecule has 2 aromatic carbocycles. The van der Waals surface area contributed by atoms with Gasteiger partial charge in [0.25, 0.3) is 0 Å². The Morgan fingerprint density at radius 3 is 2.68 bits per heavy atom. The van der Waals surface area contributed by atoms with Crippen molar-refractivity contribution < 1.29 is 26.3 Å². The number of alkyl halides is 3. The number of halogens is 3. The van der Waals surface area contributed by atoms with Crippen LogP contribution in [0.25, 0.3) is 10.9 Å². The van der Waals surface area contributed by atoms with Crippen molar-refractivity contribution in [2.24, 2.45) is 0 Å². The van der Waals surface area contributed by atoms with E-state index in [0.29, 0.717) is 22.3 Å². The van der Waals surface area contributed by atoms with Crippen molar-refractivity contribution in [2.75, 3.05) is 43.6 Å². The molecule has 0 unspecified atom stereocenters. The lowest BCUT2D eigenvalue weighted by atomic mass is 10.1. The molecule has 37 heavy (non-hydrogen) atoms. The minimum Gasteiger partial charge on any atom is -0.495 e. The predicted molar refractivity (Wildman–Crippen MR) is 139 cm³/mol. The van der Waals surface area contributed by atoms with Crippen LogP contribution in [0.3, 0.4) is 0 Å². The topological polar surface area (TPSA) is 84.4 Å². The van der Waals surface area contributed by atoms with Gasteiger partial charge in [0.2, 0.25) is 0 Å². The van der Waals surface area contributed by atoms with Crippen molar-refractivity contribution >= 4 is 32.1 Å². The van der Waals surface area contributed by atoms with Crippen molar-refractivity contribution in [1.82, 2.24) is 9.88 Å². The zero-order valence-electron chi connectivity index (χ0n) is 20.6. The fourth-order valence-corrected chi connectivity index (χ4v) is 5.02. The number of hydrogen-bond donors (Lipinski definition) is 3. The molecule has 0 bridgehead atoms. The average molecular weight is 535 g/mol. The number of ether oxygens (including phenoxy) is 1. The van der Waals surface area contributed by atoms with E-state index in [0.717, 1.165) is 37.9 Å². The van der Waals surface area contributed by atoms with Crippen LogP contribution in [-0.4, -0.2) is 58.2 Å². The van der Waals surface area contributed by atoms with Crippen LogP contribution in [0.4, 0.5) is 24.5 Å². The van der Waals surface area contributed by atoms with E-state index in [9.17, 15) is 21.6 Å². The van der Waals surface area contributed by atoms with Crippen molar-refractivity contribution in [3.05, 3.63) is 48.2 Å². The van der Waals surface area contributed by atoms with Gasteiger partial charge in [-0.15, -0.1) is 0 Å². The molecule has 1 aromatic heterocycles. The second-order valence-corrected chi connectivity index (χ2v) is 11.0. The first-order chi connectivity index (χ1) is 17.5. The number of hydrogen-bond acceptors (Lipinski definition) is 6. The van der Waals surface area contributed by atoms with Gasteiger partial charge in [-0.05, 0) is 55.6 Å². The minimum absolute atomic E-state index is 0.112. The Hall–Kier alpha value is -3.36. The van der Waals surface area contributed by atoms with Crippen LogP contribution >= 0.6 is 0 Å². The van der Waals surface area contributed by atoms with Crippen molar-refractivity contribution in [2.45, 2.75) is 36.5 Å². The molecule has 1 atom stereocenters. The predicted octanol–water partition coefficient (Wildman–Crippen LogP) is 4.24. The normalized spacial score (nSPS) is 16.2. The van der Waals surface area contributed by atoms with E-state index in [2.05, 4.69) is 27.8 Å². The van der Waals surface area contributed by atoms with E-state index in [1.165, 1.54) is 23.8 Å². The van der Waals surface area contributed by atoms with Crippen molar-refractivity contribution in [3.63, 3.8) is 0 Å². The highest BCUT2D eigenvalue weighted by molar-refractivity contribution is 7.90. The van der Waals surface area contributed by atoms with Gasteiger partial charge in [-0.3, -0.25) is 0 Å². The fraction of sp³-hybridized carbons (Fsp3) is 0.385. The van der Waals surface area contributed by atoms with E-state index in [1.807, 2.05) is 6.07 Å². The Morgan fingerprint density at radius 2 is 2.00 bits per heavy atom. The van der Waals surface area contributed by atoms with Crippen LogP contribution in [0, 0.1) is 11.8 Å². The van der Waals surface area contributed by atoms with E-state index in [4.69, 9.17) is 4.74 Å². The summed E-state index contributed by atoms with van der Waals surface area (Å²) in [7, 11) is -1.98. The Morgan fingerprint density at radius 1 is 1.19 bits per heavy atom. The quantitative estimate of drug-likeness (QED) is 0.394. The molecule has 1 saturated heterocycles. The summed E-state index contributed by atoms with van der Waals surface area (Å²) >= 11 is 0. The van der Waals surface area contributed by atoms with E-state index < -0.39 is 22.6 Å². The Labute approximate surface area is 214 Å². The van der Waals surface area contributed by atoms with Gasteiger partial charge in [0, 0.05) is 36.0 Å². The number of piperidine rings is 1. The van der Waals surface area contributed by atoms with Gasteiger partial charge in [-0.25, -0.2) is 8.42 Å². The number of methoxy groups -OCH3 is 1. The third-order valence-corrected chi connectivity index (χ3v) is 7.23. The second kappa shape index (κ2) is 10.9. The third kappa shape index (κ3) is 6.70. The zero-order valence-corrected chi connectivity index (χ0v) is 21.4. The Bertz CT molecular complexity index is 1430. The van der Waals surface area contributed by atoms with Crippen molar-refractivity contribution in [3.8, 4) is 17.6 Å². The molecule has 3 N–H and O–H groups in total. The molecule has 1 fully saturated rings. The number of anilines is 2. The number of fused-ring (bicyclic) bond motifs is 1. The molecule has 4 rings (SSSR count). The van der Waals surface area contributed by atoms with E-state index in [-0.39, 0.29) is 23.2 Å². The molecule has 198 valence electrons. The van der Waals surface area contributed by atoms with E-state index in [1.54, 1.807) is 24.3 Å². The lowest BCUT2D eigenvalue weighted by molar-refractivity contribution is -0.140. The SMILES string of the molecule is COc1cc(S(C)(=O)=O)ccc1NCC#Cc1cc2c(N[C@@H]3CCCNC3)cccc2n1CC(F)(F)F. The highest BCUT2D eigenvalue weighted by atomic mass is 32.2. The van der Waals surface area contributed by atoms with Crippen LogP contribution in [-0.2, 0) is 16.4 Å². The zero-order chi connectivity index (χ0) is 26.6. The molecule has 0 amide bonds. The van der Waals surface area contributed by atoms with Gasteiger partial charge < -0.3 is 25.3 Å². The summed E-state index contributed by atoms with van der Waals surface area (Å²) in [5, 5.41) is 10.5. The number of rotatable bonds is 7. The molecule has 0 aliphatic carbocycles. The van der Waals surface area contributed by atoms with Gasteiger partial charge in [0.1, 0.15) is 12.3 Å². The lowest BCUT2D eigenvalue weighted by Gasteiger charge is -2.25. The largest absolute Gasteiger partial charge is 0.495 e. The summed E-state index contributed by atoms with van der Waals surface area (Å²) in [4.78, 5) is 0.117. The molecule has 1 aliphatic rings. The molecule has 7 nitrogen and oxygen atoms in total. The maximum atomic E-state index is 13.4. The number of nitrogens with one attached hydrogen (secondary N) is 3. The standard InChI is InChI=1S/C26H29F3N4O3S/c1-36-25-15-20(37(2,34)35)10-11-23(25)31-13-5-7-19-14-21-22(32-18-6-4-12-30-16-18)8-3-9-24(21)33(19)17-26(27,28)29/h3,8-11,14-15,18,30-32H,4,6,12-13,16-17H2,1-2H3/t18-/m1/s1. The summed E-state index contributed by atoms with van der Waals surface area (Å²) in [5.41, 5.74) is 2.02. The van der Waals surface area contributed by atoms with Gasteiger partial charge in [-0.1, -0.05) is 12.0 Å². The summed E-state index contributed by atoms with van der Waals surface area (Å²) in [6.45, 7) is 0.725. The molecule has 3 aromatic rings. The number of benzene rings is 2. The van der Waals surface area contributed by atoms with E-state index >= 15 is 0 Å². The second-order valence-electron chi connectivity index (χ2n) is 8.95. The number of sulfone groups is 1. The van der Waals surface area contributed by atoms with Gasteiger partial charge in [-0.2, -0.15) is 13.2 Å². The number of nitrogens with zero attached hydrogens (tertiary/aromatic N) is 1. The maximum Gasteiger partial charge on any atom is 0.406 e. The fourth-order valence-electron chi connectivity index (χ4n) is 4.38. The first-order valence-electron chi connectivity index (χ1n) is 11.8. The van der Waals surface area contributed by atoms with Crippen LogP contribution in [0.15, 0.2) is 47.4 Å². The van der Waals surface area contributed by atoms with Crippen LogP contribution < -0.4 is 20.7 Å². The molecule has 11 heteroatoms. The first kappa shape index (κ1) is 26.7. The molecule has 0 saturated carbocycles. The number of aromatic nitrogens is 1. The van der Waals surface area contributed by atoms with Crippen molar-refractivity contribution in [1.29, 1.82) is 0 Å². The third-order valence-electron chi connectivity index (χ3n) is 6.12. The minimum atomic E-state index is -4.41. The molecule has 1 aliphatic heterocycles. The molecule has 2 heterocycles. The smallest absolute Gasteiger partial charge is 0.406 e. The van der Waals surface area contributed by atoms with Gasteiger partial charge in [0.15, 0.2) is 9.84 Å². The lowest BCUT2D eigenvalue weighted by Crippen LogP contribution is -2.38. The maximum absolute atomic E-state index is 13.4. The first-order valence-corrected chi connectivity index (χ1v) is 13.7. The summed E-state index contributed by atoms with van der Waals surface area (Å²) < 4.78 is 70.4. The summed E-state index contributed by atoms with van der Waals surface area (Å²) in [6, 6.07) is 11.6. The summed E-state index contributed by atoms with van der Waals surface area (Å²) in [6.07, 6.45) is -1.28. The summed E-state index contributed by atoms with van der Waals surface area (Å²) in [5.74, 6) is 6.08. The Kier molecular flexibility index (Phi) is 7.90. The van der Waals surface area contributed by atoms with Crippen LogP contribution in [0.1, 0.15) is 18.5 Å². The van der Waals surface area contributed by atoms with Gasteiger partial charge in [0.05, 0.1) is 35.4 Å². The average Bonchev–Trinajstić information content (AvgIpc) is 3.18. The molecule has 0 spiro atoms. The highest BCUT2D eigenvalue weighted by Crippen LogP contribution is 2.31. The highest BCUT2D eigenvalue weighted by Gasteiger charge is 2.30.